The lowest BCUT2D eigenvalue weighted by molar-refractivity contribution is -0.119. The molecule has 1 unspecified atom stereocenters. The molecule has 0 saturated carbocycles. The summed E-state index contributed by atoms with van der Waals surface area (Å²) >= 11 is 0. The summed E-state index contributed by atoms with van der Waals surface area (Å²) in [7, 11) is 0. The quantitative estimate of drug-likeness (QED) is 0.802. The molecular formula is C16H15N5O. The lowest BCUT2D eigenvalue weighted by Crippen LogP contribution is -2.24. The van der Waals surface area contributed by atoms with Crippen molar-refractivity contribution < 1.29 is 4.79 Å². The Bertz CT molecular complexity index is 738. The number of nitrogens with one attached hydrogen (secondary N) is 1. The molecule has 0 aliphatic rings. The number of hydrogen-bond acceptors (Lipinski definition) is 4. The molecule has 0 fully saturated rings. The van der Waals surface area contributed by atoms with E-state index in [9.17, 15) is 4.79 Å². The highest BCUT2D eigenvalue weighted by Crippen LogP contribution is 2.15. The van der Waals surface area contributed by atoms with Gasteiger partial charge in [-0.3, -0.25) is 9.48 Å². The number of nitrogens with zero attached hydrogens (tertiary/aromatic N) is 4. The van der Waals surface area contributed by atoms with Crippen molar-refractivity contribution in [1.29, 1.82) is 0 Å². The van der Waals surface area contributed by atoms with E-state index in [1.165, 1.54) is 0 Å². The molecular weight excluding hydrogens is 278 g/mol. The van der Waals surface area contributed by atoms with E-state index in [0.29, 0.717) is 11.5 Å². The van der Waals surface area contributed by atoms with Crippen LogP contribution in [0.15, 0.2) is 61.2 Å². The Labute approximate surface area is 127 Å². The maximum absolute atomic E-state index is 12.1. The van der Waals surface area contributed by atoms with E-state index in [1.807, 2.05) is 30.3 Å². The Morgan fingerprint density at radius 3 is 2.50 bits per heavy atom. The molecule has 1 amide bonds. The molecule has 0 saturated heterocycles. The third-order valence-electron chi connectivity index (χ3n) is 3.25. The van der Waals surface area contributed by atoms with Gasteiger partial charge in [-0.2, -0.15) is 5.10 Å². The number of amides is 1. The fourth-order valence-corrected chi connectivity index (χ4v) is 2.01. The van der Waals surface area contributed by atoms with E-state index in [2.05, 4.69) is 20.4 Å². The van der Waals surface area contributed by atoms with E-state index in [-0.39, 0.29) is 5.91 Å². The molecule has 2 aromatic heterocycles. The van der Waals surface area contributed by atoms with Crippen molar-refractivity contribution in [2.24, 2.45) is 0 Å². The van der Waals surface area contributed by atoms with Crippen LogP contribution in [0.5, 0.6) is 0 Å². The predicted molar refractivity (Wildman–Crippen MR) is 83.0 cm³/mol. The standard InChI is InChI=1S/C16H15N5O/c1-12(21-9-5-8-19-21)16(22)20-14-10-17-15(18-11-14)13-6-3-2-4-7-13/h2-12H,1H3,(H,20,22). The lowest BCUT2D eigenvalue weighted by atomic mass is 10.2. The molecule has 1 N–H and O–H groups in total. The SMILES string of the molecule is CC(C(=O)Nc1cnc(-c2ccccc2)nc1)n1cccn1. The first-order valence-corrected chi connectivity index (χ1v) is 6.91. The lowest BCUT2D eigenvalue weighted by Gasteiger charge is -2.12. The first-order valence-electron chi connectivity index (χ1n) is 6.91. The van der Waals surface area contributed by atoms with Gasteiger partial charge in [0.1, 0.15) is 6.04 Å². The van der Waals surface area contributed by atoms with Crippen LogP contribution < -0.4 is 5.32 Å². The van der Waals surface area contributed by atoms with Gasteiger partial charge in [0.2, 0.25) is 5.91 Å². The molecule has 0 aliphatic heterocycles. The highest BCUT2D eigenvalue weighted by molar-refractivity contribution is 5.93. The van der Waals surface area contributed by atoms with Gasteiger partial charge in [-0.1, -0.05) is 30.3 Å². The van der Waals surface area contributed by atoms with Crippen LogP contribution >= 0.6 is 0 Å². The summed E-state index contributed by atoms with van der Waals surface area (Å²) in [6.07, 6.45) is 6.59. The number of carbonyl (C=O) groups is 1. The molecule has 1 atom stereocenters. The minimum Gasteiger partial charge on any atom is -0.322 e. The third kappa shape index (κ3) is 3.01. The molecule has 0 bridgehead atoms. The smallest absolute Gasteiger partial charge is 0.249 e. The van der Waals surface area contributed by atoms with Crippen LogP contribution in [0.4, 0.5) is 5.69 Å². The van der Waals surface area contributed by atoms with Crippen molar-refractivity contribution >= 4 is 11.6 Å². The monoisotopic (exact) mass is 293 g/mol. The van der Waals surface area contributed by atoms with Crippen molar-refractivity contribution in [3.05, 3.63) is 61.2 Å². The highest BCUT2D eigenvalue weighted by Gasteiger charge is 2.15. The van der Waals surface area contributed by atoms with Crippen LogP contribution in [0.25, 0.3) is 11.4 Å². The van der Waals surface area contributed by atoms with Gasteiger partial charge >= 0.3 is 0 Å². The maximum Gasteiger partial charge on any atom is 0.249 e. The first-order chi connectivity index (χ1) is 10.7. The second-order valence-corrected chi connectivity index (χ2v) is 4.81. The average Bonchev–Trinajstić information content (AvgIpc) is 3.10. The summed E-state index contributed by atoms with van der Waals surface area (Å²) in [5, 5.41) is 6.84. The molecule has 1 aromatic carbocycles. The van der Waals surface area contributed by atoms with Crippen LogP contribution in [0.3, 0.4) is 0 Å². The van der Waals surface area contributed by atoms with Gasteiger partial charge in [-0.25, -0.2) is 9.97 Å². The number of carbonyl (C=O) groups excluding carboxylic acids is 1. The Morgan fingerprint density at radius 2 is 1.86 bits per heavy atom. The van der Waals surface area contributed by atoms with Crippen LogP contribution in [-0.4, -0.2) is 25.7 Å². The summed E-state index contributed by atoms with van der Waals surface area (Å²) in [5.41, 5.74) is 1.49. The van der Waals surface area contributed by atoms with Crippen molar-refractivity contribution in [2.45, 2.75) is 13.0 Å². The molecule has 3 rings (SSSR count). The van der Waals surface area contributed by atoms with Gasteiger partial charge in [-0.15, -0.1) is 0 Å². The van der Waals surface area contributed by atoms with Crippen LogP contribution in [0.2, 0.25) is 0 Å². The molecule has 3 aromatic rings. The van der Waals surface area contributed by atoms with Crippen LogP contribution in [0, 0.1) is 0 Å². The van der Waals surface area contributed by atoms with Crippen molar-refractivity contribution in [3.8, 4) is 11.4 Å². The van der Waals surface area contributed by atoms with E-state index < -0.39 is 6.04 Å². The van der Waals surface area contributed by atoms with Gasteiger partial charge in [0.15, 0.2) is 5.82 Å². The van der Waals surface area contributed by atoms with E-state index in [1.54, 1.807) is 42.5 Å². The molecule has 6 heteroatoms. The first kappa shape index (κ1) is 13.9. The Hall–Kier alpha value is -3.02. The van der Waals surface area contributed by atoms with Gasteiger partial charge in [0.05, 0.1) is 18.1 Å². The molecule has 0 radical (unpaired) electrons. The normalized spacial score (nSPS) is 11.9. The summed E-state index contributed by atoms with van der Waals surface area (Å²) in [6, 6.07) is 11.1. The van der Waals surface area contributed by atoms with Gasteiger partial charge in [0.25, 0.3) is 0 Å². The van der Waals surface area contributed by atoms with Crippen LogP contribution in [-0.2, 0) is 4.79 Å². The maximum atomic E-state index is 12.1. The fourth-order valence-electron chi connectivity index (χ4n) is 2.01. The highest BCUT2D eigenvalue weighted by atomic mass is 16.2. The Kier molecular flexibility index (Phi) is 3.91. The summed E-state index contributed by atoms with van der Waals surface area (Å²) in [5.74, 6) is 0.457. The molecule has 6 nitrogen and oxygen atoms in total. The number of hydrogen-bond donors (Lipinski definition) is 1. The minimum absolute atomic E-state index is 0.167. The summed E-state index contributed by atoms with van der Waals surface area (Å²) < 4.78 is 1.59. The van der Waals surface area contributed by atoms with Crippen LogP contribution in [0.1, 0.15) is 13.0 Å². The minimum atomic E-state index is -0.399. The van der Waals surface area contributed by atoms with Crippen molar-refractivity contribution in [3.63, 3.8) is 0 Å². The number of benzene rings is 1. The molecule has 22 heavy (non-hydrogen) atoms. The zero-order valence-corrected chi connectivity index (χ0v) is 12.0. The molecule has 0 spiro atoms. The van der Waals surface area contributed by atoms with Crippen molar-refractivity contribution in [2.75, 3.05) is 5.32 Å². The van der Waals surface area contributed by atoms with E-state index >= 15 is 0 Å². The topological polar surface area (TPSA) is 72.7 Å². The fraction of sp³-hybridized carbons (Fsp3) is 0.125. The number of rotatable bonds is 4. The largest absolute Gasteiger partial charge is 0.322 e. The van der Waals surface area contributed by atoms with Gasteiger partial charge in [-0.05, 0) is 13.0 Å². The van der Waals surface area contributed by atoms with Crippen molar-refractivity contribution in [1.82, 2.24) is 19.7 Å². The summed E-state index contributed by atoms with van der Waals surface area (Å²) in [6.45, 7) is 1.78. The average molecular weight is 293 g/mol. The number of aromatic nitrogens is 4. The van der Waals surface area contributed by atoms with E-state index in [4.69, 9.17) is 0 Å². The van der Waals surface area contributed by atoms with Gasteiger partial charge in [0, 0.05) is 18.0 Å². The second kappa shape index (κ2) is 6.17. The number of anilines is 1. The van der Waals surface area contributed by atoms with E-state index in [0.717, 1.165) is 5.56 Å². The third-order valence-corrected chi connectivity index (χ3v) is 3.25. The molecule has 0 aliphatic carbocycles. The molecule has 2 heterocycles. The zero-order chi connectivity index (χ0) is 15.4. The Balaban J connectivity index is 1.70. The predicted octanol–water partition coefficient (Wildman–Crippen LogP) is 2.54. The second-order valence-electron chi connectivity index (χ2n) is 4.81. The molecule has 110 valence electrons. The Morgan fingerprint density at radius 1 is 1.14 bits per heavy atom. The summed E-state index contributed by atoms with van der Waals surface area (Å²) in [4.78, 5) is 20.7. The van der Waals surface area contributed by atoms with Gasteiger partial charge < -0.3 is 5.32 Å². The zero-order valence-electron chi connectivity index (χ0n) is 12.0.